The van der Waals surface area contributed by atoms with Crippen LogP contribution in [-0.4, -0.2) is 30.6 Å². The van der Waals surface area contributed by atoms with Crippen LogP contribution in [0.15, 0.2) is 22.7 Å². The van der Waals surface area contributed by atoms with E-state index in [1.54, 1.807) is 0 Å². The number of halogens is 1. The van der Waals surface area contributed by atoms with Crippen molar-refractivity contribution >= 4 is 33.4 Å². The van der Waals surface area contributed by atoms with Crippen molar-refractivity contribution in [3.05, 3.63) is 28.2 Å². The van der Waals surface area contributed by atoms with Gasteiger partial charge in [-0.3, -0.25) is 0 Å². The summed E-state index contributed by atoms with van der Waals surface area (Å²) in [5.41, 5.74) is 2.81. The molecule has 1 heterocycles. The van der Waals surface area contributed by atoms with Crippen LogP contribution in [0.2, 0.25) is 0 Å². The highest BCUT2D eigenvalue weighted by Crippen LogP contribution is 2.31. The molecular weight excluding hydrogens is 320 g/mol. The van der Waals surface area contributed by atoms with E-state index in [0.29, 0.717) is 6.04 Å². The number of nitrogens with zero attached hydrogens (tertiary/aromatic N) is 1. The van der Waals surface area contributed by atoms with Crippen molar-refractivity contribution < 1.29 is 0 Å². The van der Waals surface area contributed by atoms with Crippen molar-refractivity contribution in [2.45, 2.75) is 37.9 Å². The molecule has 4 heteroatoms. The number of anilines is 1. The summed E-state index contributed by atoms with van der Waals surface area (Å²) in [5, 5.41) is 3.63. The topological polar surface area (TPSA) is 15.3 Å². The second-order valence-corrected chi connectivity index (χ2v) is 7.62. The molecule has 1 aromatic carbocycles. The molecule has 2 nitrogen and oxygen atoms in total. The van der Waals surface area contributed by atoms with E-state index in [1.165, 1.54) is 46.5 Å². The normalized spacial score (nSPS) is 22.7. The van der Waals surface area contributed by atoms with Gasteiger partial charge in [0.25, 0.3) is 0 Å². The van der Waals surface area contributed by atoms with Crippen molar-refractivity contribution in [2.24, 2.45) is 0 Å². The largest absolute Gasteiger partial charge is 0.370 e. The van der Waals surface area contributed by atoms with E-state index in [2.05, 4.69) is 63.2 Å². The van der Waals surface area contributed by atoms with Crippen LogP contribution in [0.4, 0.5) is 5.69 Å². The molecule has 0 aromatic heterocycles. The molecule has 1 saturated carbocycles. The lowest BCUT2D eigenvalue weighted by Gasteiger charge is -2.28. The molecule has 2 fully saturated rings. The molecule has 104 valence electrons. The summed E-state index contributed by atoms with van der Waals surface area (Å²) in [7, 11) is 2.25. The maximum atomic E-state index is 3.63. The summed E-state index contributed by atoms with van der Waals surface area (Å²) >= 11 is 5.69. The minimum atomic E-state index is 0.693. The Kier molecular flexibility index (Phi) is 4.40. The first-order chi connectivity index (χ1) is 9.24. The first-order valence-corrected chi connectivity index (χ1v) is 9.01. The highest BCUT2D eigenvalue weighted by atomic mass is 79.9. The predicted molar refractivity (Wildman–Crippen MR) is 88.1 cm³/mol. The van der Waals surface area contributed by atoms with Gasteiger partial charge in [-0.15, -0.1) is 0 Å². The number of thioether (sulfide) groups is 1. The minimum absolute atomic E-state index is 0.693. The Morgan fingerprint density at radius 1 is 1.37 bits per heavy atom. The molecule has 1 unspecified atom stereocenters. The lowest BCUT2D eigenvalue weighted by Crippen LogP contribution is -2.32. The summed E-state index contributed by atoms with van der Waals surface area (Å²) < 4.78 is 1.18. The van der Waals surface area contributed by atoms with Crippen LogP contribution in [0.25, 0.3) is 0 Å². The van der Waals surface area contributed by atoms with E-state index in [0.717, 1.165) is 12.6 Å². The average molecular weight is 341 g/mol. The third kappa shape index (κ3) is 3.47. The standard InChI is InChI=1S/C15H21BrN2S/c1-18(14-6-7-19-10-14)15-8-12(16)3-2-11(15)9-17-13-4-5-13/h2-3,8,13-14,17H,4-7,9-10H2,1H3. The second kappa shape index (κ2) is 6.06. The third-order valence-electron chi connectivity index (χ3n) is 4.04. The predicted octanol–water partition coefficient (Wildman–Crippen LogP) is 3.64. The van der Waals surface area contributed by atoms with Gasteiger partial charge in [-0.1, -0.05) is 22.0 Å². The van der Waals surface area contributed by atoms with Crippen LogP contribution in [0, 0.1) is 0 Å². The zero-order valence-electron chi connectivity index (χ0n) is 11.4. The molecule has 1 aliphatic carbocycles. The quantitative estimate of drug-likeness (QED) is 0.880. The zero-order chi connectivity index (χ0) is 13.2. The van der Waals surface area contributed by atoms with Crippen molar-refractivity contribution in [1.82, 2.24) is 5.32 Å². The number of hydrogen-bond acceptors (Lipinski definition) is 3. The smallest absolute Gasteiger partial charge is 0.0423 e. The van der Waals surface area contributed by atoms with E-state index in [4.69, 9.17) is 0 Å². The first-order valence-electron chi connectivity index (χ1n) is 7.06. The molecular formula is C15H21BrN2S. The number of hydrogen-bond donors (Lipinski definition) is 1. The Morgan fingerprint density at radius 2 is 2.21 bits per heavy atom. The Morgan fingerprint density at radius 3 is 2.89 bits per heavy atom. The van der Waals surface area contributed by atoms with Gasteiger partial charge in [0.15, 0.2) is 0 Å². The van der Waals surface area contributed by atoms with Crippen molar-refractivity contribution in [3.8, 4) is 0 Å². The highest BCUT2D eigenvalue weighted by molar-refractivity contribution is 9.10. The molecule has 0 bridgehead atoms. The molecule has 1 aromatic rings. The van der Waals surface area contributed by atoms with E-state index in [1.807, 2.05) is 0 Å². The average Bonchev–Trinajstić information content (AvgIpc) is 3.08. The number of benzene rings is 1. The summed E-state index contributed by atoms with van der Waals surface area (Å²) in [5.74, 6) is 2.57. The SMILES string of the molecule is CN(c1cc(Br)ccc1CNC1CC1)C1CCSC1. The maximum absolute atomic E-state index is 3.63. The van der Waals surface area contributed by atoms with Crippen molar-refractivity contribution in [3.63, 3.8) is 0 Å². The summed E-state index contributed by atoms with van der Waals surface area (Å²) in [4.78, 5) is 2.48. The van der Waals surface area contributed by atoms with Gasteiger partial charge in [-0.05, 0) is 42.7 Å². The Balaban J connectivity index is 1.77. The molecule has 1 aliphatic heterocycles. The van der Waals surface area contributed by atoms with Gasteiger partial charge in [0.05, 0.1) is 0 Å². The van der Waals surface area contributed by atoms with Crippen LogP contribution >= 0.6 is 27.7 Å². The Labute approximate surface area is 128 Å². The second-order valence-electron chi connectivity index (χ2n) is 5.56. The number of nitrogens with one attached hydrogen (secondary N) is 1. The molecule has 19 heavy (non-hydrogen) atoms. The van der Waals surface area contributed by atoms with Gasteiger partial charge >= 0.3 is 0 Å². The highest BCUT2D eigenvalue weighted by Gasteiger charge is 2.24. The van der Waals surface area contributed by atoms with E-state index < -0.39 is 0 Å². The van der Waals surface area contributed by atoms with E-state index >= 15 is 0 Å². The summed E-state index contributed by atoms with van der Waals surface area (Å²) in [6, 6.07) is 8.15. The van der Waals surface area contributed by atoms with E-state index in [9.17, 15) is 0 Å². The van der Waals surface area contributed by atoms with Gasteiger partial charge in [-0.25, -0.2) is 0 Å². The zero-order valence-corrected chi connectivity index (χ0v) is 13.8. The fourth-order valence-corrected chi connectivity index (χ4v) is 4.20. The van der Waals surface area contributed by atoms with Gasteiger partial charge in [-0.2, -0.15) is 11.8 Å². The maximum Gasteiger partial charge on any atom is 0.0423 e. The van der Waals surface area contributed by atoms with E-state index in [-0.39, 0.29) is 0 Å². The summed E-state index contributed by atoms with van der Waals surface area (Å²) in [6.45, 7) is 0.998. The Hall–Kier alpha value is -0.190. The van der Waals surface area contributed by atoms with Crippen molar-refractivity contribution in [1.29, 1.82) is 0 Å². The molecule has 1 N–H and O–H groups in total. The first kappa shape index (κ1) is 13.8. The van der Waals surface area contributed by atoms with Crippen LogP contribution in [0.1, 0.15) is 24.8 Å². The van der Waals surface area contributed by atoms with Crippen molar-refractivity contribution in [2.75, 3.05) is 23.5 Å². The Bertz CT molecular complexity index is 442. The van der Waals surface area contributed by atoms with Crippen LogP contribution in [0.5, 0.6) is 0 Å². The minimum Gasteiger partial charge on any atom is -0.370 e. The monoisotopic (exact) mass is 340 g/mol. The van der Waals surface area contributed by atoms with Crippen LogP contribution < -0.4 is 10.2 Å². The lowest BCUT2D eigenvalue weighted by molar-refractivity contribution is 0.668. The molecule has 0 radical (unpaired) electrons. The third-order valence-corrected chi connectivity index (χ3v) is 5.68. The van der Waals surface area contributed by atoms with Crippen LogP contribution in [0.3, 0.4) is 0 Å². The summed E-state index contributed by atoms with van der Waals surface area (Å²) in [6.07, 6.45) is 4.01. The fourth-order valence-electron chi connectivity index (χ4n) is 2.58. The number of rotatable bonds is 5. The van der Waals surface area contributed by atoms with Gasteiger partial charge < -0.3 is 10.2 Å². The van der Waals surface area contributed by atoms with Crippen LogP contribution in [-0.2, 0) is 6.54 Å². The lowest BCUT2D eigenvalue weighted by atomic mass is 10.1. The van der Waals surface area contributed by atoms with Gasteiger partial charge in [0.1, 0.15) is 0 Å². The van der Waals surface area contributed by atoms with Gasteiger partial charge in [0.2, 0.25) is 0 Å². The molecule has 0 amide bonds. The molecule has 1 saturated heterocycles. The fraction of sp³-hybridized carbons (Fsp3) is 0.600. The molecule has 1 atom stereocenters. The molecule has 3 rings (SSSR count). The molecule has 2 aliphatic rings. The molecule has 0 spiro atoms. The van der Waals surface area contributed by atoms with Gasteiger partial charge in [0, 0.05) is 41.6 Å².